The van der Waals surface area contributed by atoms with E-state index in [0.717, 1.165) is 28.1 Å². The average molecular weight is 284 g/mol. The van der Waals surface area contributed by atoms with Gasteiger partial charge in [0.25, 0.3) is 0 Å². The molecular formula is C17H20N2O2. The summed E-state index contributed by atoms with van der Waals surface area (Å²) in [6.45, 7) is 11.4. The van der Waals surface area contributed by atoms with Crippen molar-refractivity contribution in [1.82, 2.24) is 5.32 Å². The van der Waals surface area contributed by atoms with Gasteiger partial charge in [-0.3, -0.25) is 9.79 Å². The largest absolute Gasteiger partial charge is 0.496 e. The van der Waals surface area contributed by atoms with E-state index in [1.54, 1.807) is 13.2 Å². The van der Waals surface area contributed by atoms with Crippen molar-refractivity contribution in [3.8, 4) is 5.75 Å². The summed E-state index contributed by atoms with van der Waals surface area (Å²) >= 11 is 0. The molecule has 4 heteroatoms. The number of nitrogens with one attached hydrogen (secondary N) is 1. The van der Waals surface area contributed by atoms with Crippen LogP contribution in [0.15, 0.2) is 48.1 Å². The number of ether oxygens (including phenoxy) is 1. The normalized spacial score (nSPS) is 11.3. The summed E-state index contributed by atoms with van der Waals surface area (Å²) in [6.07, 6.45) is 5.81. The molecule has 0 radical (unpaired) electrons. The summed E-state index contributed by atoms with van der Waals surface area (Å²) in [5.41, 5.74) is 4.00. The van der Waals surface area contributed by atoms with E-state index in [2.05, 4.69) is 23.5 Å². The Hall–Kier alpha value is -2.62. The minimum absolute atomic E-state index is 0.416. The van der Waals surface area contributed by atoms with Crippen LogP contribution >= 0.6 is 0 Å². The molecule has 0 saturated heterocycles. The third-order valence-electron chi connectivity index (χ3n) is 3.04. The maximum absolute atomic E-state index is 10.4. The van der Waals surface area contributed by atoms with Crippen molar-refractivity contribution >= 4 is 23.9 Å². The number of rotatable bonds is 7. The summed E-state index contributed by atoms with van der Waals surface area (Å²) in [7, 11) is 1.62. The van der Waals surface area contributed by atoms with Crippen LogP contribution in [0.2, 0.25) is 0 Å². The van der Waals surface area contributed by atoms with Crippen LogP contribution in [0.5, 0.6) is 5.75 Å². The van der Waals surface area contributed by atoms with Crippen LogP contribution in [0.25, 0.3) is 5.57 Å². The SMILES string of the molecule is C=C/C(=C\C)c1ccc(OC)c(C)c1N=CC(=C)NC=O. The lowest BCUT2D eigenvalue weighted by Crippen LogP contribution is -2.09. The molecule has 0 aromatic heterocycles. The lowest BCUT2D eigenvalue weighted by atomic mass is 10.00. The number of carbonyl (C=O) groups excluding carboxylic acids is 1. The lowest BCUT2D eigenvalue weighted by Gasteiger charge is -2.13. The Labute approximate surface area is 125 Å². The fraction of sp³-hybridized carbons (Fsp3) is 0.176. The first-order valence-corrected chi connectivity index (χ1v) is 6.48. The Balaban J connectivity index is 3.40. The van der Waals surface area contributed by atoms with E-state index in [0.29, 0.717) is 12.1 Å². The highest BCUT2D eigenvalue weighted by atomic mass is 16.5. The van der Waals surface area contributed by atoms with Crippen molar-refractivity contribution in [2.45, 2.75) is 13.8 Å². The Morgan fingerprint density at radius 3 is 2.67 bits per heavy atom. The van der Waals surface area contributed by atoms with E-state index in [1.807, 2.05) is 32.1 Å². The molecule has 0 aliphatic heterocycles. The van der Waals surface area contributed by atoms with E-state index in [-0.39, 0.29) is 0 Å². The number of methoxy groups -OCH3 is 1. The van der Waals surface area contributed by atoms with Crippen LogP contribution in [0.1, 0.15) is 18.1 Å². The third-order valence-corrected chi connectivity index (χ3v) is 3.04. The van der Waals surface area contributed by atoms with E-state index in [4.69, 9.17) is 4.74 Å². The summed E-state index contributed by atoms with van der Waals surface area (Å²) in [5, 5.41) is 2.45. The average Bonchev–Trinajstić information content (AvgIpc) is 2.48. The van der Waals surface area contributed by atoms with Gasteiger partial charge in [0.2, 0.25) is 6.41 Å². The Bertz CT molecular complexity index is 613. The van der Waals surface area contributed by atoms with Crippen molar-refractivity contribution < 1.29 is 9.53 Å². The zero-order chi connectivity index (χ0) is 15.8. The first-order valence-electron chi connectivity index (χ1n) is 6.48. The summed E-state index contributed by atoms with van der Waals surface area (Å²) < 4.78 is 5.33. The monoisotopic (exact) mass is 284 g/mol. The van der Waals surface area contributed by atoms with Crippen molar-refractivity contribution in [1.29, 1.82) is 0 Å². The summed E-state index contributed by atoms with van der Waals surface area (Å²) in [6, 6.07) is 3.83. The Morgan fingerprint density at radius 1 is 1.43 bits per heavy atom. The maximum Gasteiger partial charge on any atom is 0.211 e. The molecule has 4 nitrogen and oxygen atoms in total. The summed E-state index contributed by atoms with van der Waals surface area (Å²) in [5.74, 6) is 0.749. The van der Waals surface area contributed by atoms with Crippen LogP contribution in [0.4, 0.5) is 5.69 Å². The van der Waals surface area contributed by atoms with E-state index < -0.39 is 0 Å². The lowest BCUT2D eigenvalue weighted by molar-refractivity contribution is -0.108. The molecule has 1 N–H and O–H groups in total. The van der Waals surface area contributed by atoms with Crippen molar-refractivity contribution in [3.63, 3.8) is 0 Å². The van der Waals surface area contributed by atoms with Gasteiger partial charge in [0, 0.05) is 11.1 Å². The van der Waals surface area contributed by atoms with Gasteiger partial charge in [0.15, 0.2) is 0 Å². The standard InChI is InChI=1S/C17H20N2O2/c1-6-14(7-2)15-8-9-16(21-5)13(4)17(15)18-10-12(3)19-11-20/h6-11H,1,3H2,2,4-5H3,(H,19,20)/b14-7+,18-10?. The molecule has 1 amide bonds. The van der Waals surface area contributed by atoms with Gasteiger partial charge < -0.3 is 10.1 Å². The van der Waals surface area contributed by atoms with Crippen molar-refractivity contribution in [3.05, 3.63) is 54.3 Å². The predicted molar refractivity (Wildman–Crippen MR) is 88.1 cm³/mol. The molecule has 0 spiro atoms. The first kappa shape index (κ1) is 16.4. The minimum Gasteiger partial charge on any atom is -0.496 e. The molecule has 0 unspecified atom stereocenters. The number of carbonyl (C=O) groups is 1. The van der Waals surface area contributed by atoms with Crippen molar-refractivity contribution in [2.24, 2.45) is 4.99 Å². The number of allylic oxidation sites excluding steroid dienone is 4. The second-order valence-corrected chi connectivity index (χ2v) is 4.28. The highest BCUT2D eigenvalue weighted by Gasteiger charge is 2.11. The van der Waals surface area contributed by atoms with Gasteiger partial charge in [-0.05, 0) is 31.6 Å². The smallest absolute Gasteiger partial charge is 0.211 e. The zero-order valence-corrected chi connectivity index (χ0v) is 12.6. The van der Waals surface area contributed by atoms with Crippen LogP contribution in [-0.4, -0.2) is 19.7 Å². The zero-order valence-electron chi connectivity index (χ0n) is 12.6. The Kier molecular flexibility index (Phi) is 6.14. The highest BCUT2D eigenvalue weighted by Crippen LogP contribution is 2.35. The molecule has 1 aromatic rings. The number of aliphatic imine (C=N–C) groups is 1. The second kappa shape index (κ2) is 7.85. The van der Waals surface area contributed by atoms with Crippen LogP contribution in [0.3, 0.4) is 0 Å². The number of hydrogen-bond donors (Lipinski definition) is 1. The third kappa shape index (κ3) is 3.92. The number of benzene rings is 1. The number of amides is 1. The van der Waals surface area contributed by atoms with Gasteiger partial charge in [0.05, 0.1) is 24.7 Å². The highest BCUT2D eigenvalue weighted by molar-refractivity contribution is 5.88. The quantitative estimate of drug-likeness (QED) is 0.473. The fourth-order valence-electron chi connectivity index (χ4n) is 1.94. The van der Waals surface area contributed by atoms with Gasteiger partial charge >= 0.3 is 0 Å². The van der Waals surface area contributed by atoms with E-state index in [1.165, 1.54) is 6.21 Å². The van der Waals surface area contributed by atoms with Crippen LogP contribution in [0, 0.1) is 6.92 Å². The maximum atomic E-state index is 10.4. The molecule has 0 fully saturated rings. The molecule has 0 heterocycles. The van der Waals surface area contributed by atoms with E-state index >= 15 is 0 Å². The molecule has 0 saturated carbocycles. The first-order chi connectivity index (χ1) is 10.1. The van der Waals surface area contributed by atoms with E-state index in [9.17, 15) is 4.79 Å². The molecule has 0 aliphatic rings. The topological polar surface area (TPSA) is 50.7 Å². The second-order valence-electron chi connectivity index (χ2n) is 4.28. The molecule has 0 atom stereocenters. The van der Waals surface area contributed by atoms with Gasteiger partial charge in [-0.1, -0.05) is 25.3 Å². The van der Waals surface area contributed by atoms with Crippen molar-refractivity contribution in [2.75, 3.05) is 7.11 Å². The molecule has 21 heavy (non-hydrogen) atoms. The van der Waals surface area contributed by atoms with Gasteiger partial charge in [-0.15, -0.1) is 0 Å². The predicted octanol–water partition coefficient (Wildman–Crippen LogP) is 3.55. The molecule has 0 aliphatic carbocycles. The minimum atomic E-state index is 0.416. The van der Waals surface area contributed by atoms with Crippen LogP contribution < -0.4 is 10.1 Å². The number of nitrogens with zero attached hydrogens (tertiary/aromatic N) is 1. The fourth-order valence-corrected chi connectivity index (χ4v) is 1.94. The van der Waals surface area contributed by atoms with Crippen LogP contribution in [-0.2, 0) is 4.79 Å². The molecule has 1 rings (SSSR count). The molecule has 1 aromatic carbocycles. The summed E-state index contributed by atoms with van der Waals surface area (Å²) in [4.78, 5) is 14.8. The molecule has 0 bridgehead atoms. The van der Waals surface area contributed by atoms with Gasteiger partial charge in [0.1, 0.15) is 5.75 Å². The Morgan fingerprint density at radius 2 is 2.14 bits per heavy atom. The number of hydrogen-bond acceptors (Lipinski definition) is 3. The molecular weight excluding hydrogens is 264 g/mol. The van der Waals surface area contributed by atoms with Gasteiger partial charge in [-0.25, -0.2) is 0 Å². The molecule has 110 valence electrons. The van der Waals surface area contributed by atoms with Gasteiger partial charge in [-0.2, -0.15) is 0 Å².